The highest BCUT2D eigenvalue weighted by Gasteiger charge is 2.10. The number of halogens is 1. The van der Waals surface area contributed by atoms with Gasteiger partial charge in [0, 0.05) is 36.4 Å². The van der Waals surface area contributed by atoms with Gasteiger partial charge in [-0.3, -0.25) is 0 Å². The molecular weight excluding hydrogens is 336 g/mol. The van der Waals surface area contributed by atoms with Gasteiger partial charge in [0.25, 0.3) is 0 Å². The van der Waals surface area contributed by atoms with E-state index < -0.39 is 0 Å². The highest BCUT2D eigenvalue weighted by Crippen LogP contribution is 2.31. The van der Waals surface area contributed by atoms with E-state index in [9.17, 15) is 0 Å². The Hall–Kier alpha value is -2.00. The normalized spacial score (nSPS) is 10.7. The molecule has 0 aliphatic rings. The zero-order chi connectivity index (χ0) is 15.5. The van der Waals surface area contributed by atoms with E-state index in [0.717, 1.165) is 16.6 Å². The summed E-state index contributed by atoms with van der Waals surface area (Å²) in [4.78, 5) is 0. The van der Waals surface area contributed by atoms with Crippen LogP contribution in [0.15, 0.2) is 59.1 Å². The predicted molar refractivity (Wildman–Crippen MR) is 100.0 cm³/mol. The number of anilines is 2. The van der Waals surface area contributed by atoms with Crippen LogP contribution in [0.4, 0.5) is 11.4 Å². The smallest absolute Gasteiger partial charge is 0.0380 e. The average molecular weight is 355 g/mol. The van der Waals surface area contributed by atoms with Crippen LogP contribution in [0.3, 0.4) is 0 Å². The lowest BCUT2D eigenvalue weighted by molar-refractivity contribution is 1.20. The third-order valence-corrected chi connectivity index (χ3v) is 4.51. The van der Waals surface area contributed by atoms with Crippen molar-refractivity contribution in [3.8, 4) is 0 Å². The van der Waals surface area contributed by atoms with Gasteiger partial charge in [0.15, 0.2) is 0 Å². The van der Waals surface area contributed by atoms with Crippen LogP contribution in [0, 0.1) is 0 Å². The van der Waals surface area contributed by atoms with Gasteiger partial charge in [-0.2, -0.15) is 0 Å². The van der Waals surface area contributed by atoms with Crippen LogP contribution in [-0.4, -0.2) is 14.1 Å². The summed E-state index contributed by atoms with van der Waals surface area (Å²) in [6, 6.07) is 19.3. The van der Waals surface area contributed by atoms with Gasteiger partial charge in [-0.25, -0.2) is 0 Å². The minimum atomic E-state index is 0.882. The Kier molecular flexibility index (Phi) is 4.34. The molecule has 0 saturated carbocycles. The molecule has 0 aliphatic carbocycles. The van der Waals surface area contributed by atoms with E-state index in [4.69, 9.17) is 0 Å². The fraction of sp³-hybridized carbons (Fsp3) is 0.158. The summed E-state index contributed by atoms with van der Waals surface area (Å²) in [5, 5.41) is 9.19. The van der Waals surface area contributed by atoms with Gasteiger partial charge >= 0.3 is 0 Å². The molecule has 0 amide bonds. The Morgan fingerprint density at radius 3 is 2.36 bits per heavy atom. The molecule has 3 rings (SSSR count). The summed E-state index contributed by atoms with van der Waals surface area (Å²) in [5.74, 6) is 0. The molecule has 0 saturated heterocycles. The summed E-state index contributed by atoms with van der Waals surface area (Å²) in [7, 11) is 3.95. The molecule has 0 aromatic heterocycles. The van der Waals surface area contributed by atoms with E-state index in [0.29, 0.717) is 0 Å². The summed E-state index contributed by atoms with van der Waals surface area (Å²) in [6.07, 6.45) is 0.882. The monoisotopic (exact) mass is 354 g/mol. The molecule has 2 N–H and O–H groups in total. The van der Waals surface area contributed by atoms with Crippen LogP contribution in [0.5, 0.6) is 0 Å². The predicted octanol–water partition coefficient (Wildman–Crippen LogP) is 5.28. The zero-order valence-corrected chi connectivity index (χ0v) is 14.4. The van der Waals surface area contributed by atoms with Gasteiger partial charge in [-0.15, -0.1) is 0 Å². The molecule has 0 bridgehead atoms. The largest absolute Gasteiger partial charge is 0.388 e. The second-order valence-electron chi connectivity index (χ2n) is 5.29. The number of hydrogen-bond donors (Lipinski definition) is 2. The van der Waals surface area contributed by atoms with Crippen molar-refractivity contribution in [2.75, 3.05) is 24.7 Å². The lowest BCUT2D eigenvalue weighted by Crippen LogP contribution is -2.01. The van der Waals surface area contributed by atoms with E-state index in [2.05, 4.69) is 81.2 Å². The Morgan fingerprint density at radius 2 is 1.59 bits per heavy atom. The van der Waals surface area contributed by atoms with Crippen LogP contribution in [0.25, 0.3) is 10.8 Å². The minimum absolute atomic E-state index is 0.882. The second-order valence-corrected chi connectivity index (χ2v) is 6.21. The average Bonchev–Trinajstić information content (AvgIpc) is 2.55. The van der Waals surface area contributed by atoms with Crippen molar-refractivity contribution in [1.29, 1.82) is 0 Å². The minimum Gasteiger partial charge on any atom is -0.388 e. The van der Waals surface area contributed by atoms with Crippen LogP contribution < -0.4 is 10.6 Å². The third kappa shape index (κ3) is 2.81. The molecule has 0 spiro atoms. The summed E-state index contributed by atoms with van der Waals surface area (Å²) in [6.45, 7) is 0. The van der Waals surface area contributed by atoms with Crippen molar-refractivity contribution >= 4 is 38.1 Å². The van der Waals surface area contributed by atoms with Gasteiger partial charge in [0.05, 0.1) is 0 Å². The van der Waals surface area contributed by atoms with E-state index >= 15 is 0 Å². The van der Waals surface area contributed by atoms with E-state index in [-0.39, 0.29) is 0 Å². The number of rotatable bonds is 4. The molecular formula is C19H19BrN2. The second kappa shape index (κ2) is 6.41. The van der Waals surface area contributed by atoms with Gasteiger partial charge in [-0.1, -0.05) is 46.3 Å². The standard InChI is InChI=1S/C19H19BrN2/c1-21-18-10-8-15(20)11-14(18)12-17-16-6-4-3-5-13(16)7-9-19(17)22-2/h3-11,21-22H,12H2,1-2H3. The molecule has 112 valence electrons. The van der Waals surface area contributed by atoms with E-state index in [1.165, 1.54) is 27.6 Å². The fourth-order valence-corrected chi connectivity index (χ4v) is 3.31. The zero-order valence-electron chi connectivity index (χ0n) is 12.8. The molecule has 0 fully saturated rings. The molecule has 3 aromatic rings. The first-order chi connectivity index (χ1) is 10.7. The van der Waals surface area contributed by atoms with Gasteiger partial charge in [0.2, 0.25) is 0 Å². The summed E-state index contributed by atoms with van der Waals surface area (Å²) in [5.41, 5.74) is 4.96. The van der Waals surface area contributed by atoms with E-state index in [1.807, 2.05) is 14.1 Å². The van der Waals surface area contributed by atoms with Crippen molar-refractivity contribution < 1.29 is 0 Å². The molecule has 0 aliphatic heterocycles. The highest BCUT2D eigenvalue weighted by atomic mass is 79.9. The first-order valence-electron chi connectivity index (χ1n) is 7.37. The van der Waals surface area contributed by atoms with Crippen LogP contribution in [0.1, 0.15) is 11.1 Å². The van der Waals surface area contributed by atoms with Crippen LogP contribution in [0.2, 0.25) is 0 Å². The van der Waals surface area contributed by atoms with Crippen molar-refractivity contribution in [1.82, 2.24) is 0 Å². The Labute approximate surface area is 139 Å². The molecule has 3 heteroatoms. The molecule has 0 radical (unpaired) electrons. The van der Waals surface area contributed by atoms with Gasteiger partial charge < -0.3 is 10.6 Å². The SMILES string of the molecule is CNc1ccc(Br)cc1Cc1c(NC)ccc2ccccc12. The lowest BCUT2D eigenvalue weighted by atomic mass is 9.96. The Bertz CT molecular complexity index is 812. The first-order valence-corrected chi connectivity index (χ1v) is 8.17. The maximum Gasteiger partial charge on any atom is 0.0380 e. The van der Waals surface area contributed by atoms with Crippen molar-refractivity contribution in [3.63, 3.8) is 0 Å². The van der Waals surface area contributed by atoms with E-state index in [1.54, 1.807) is 0 Å². The molecule has 0 unspecified atom stereocenters. The van der Waals surface area contributed by atoms with Gasteiger partial charge in [0.1, 0.15) is 0 Å². The Balaban J connectivity index is 2.16. The molecule has 0 heterocycles. The number of hydrogen-bond acceptors (Lipinski definition) is 2. The summed E-state index contributed by atoms with van der Waals surface area (Å²) >= 11 is 3.58. The topological polar surface area (TPSA) is 24.1 Å². The quantitative estimate of drug-likeness (QED) is 0.666. The number of fused-ring (bicyclic) bond motifs is 1. The maximum atomic E-state index is 3.58. The Morgan fingerprint density at radius 1 is 0.864 bits per heavy atom. The molecule has 22 heavy (non-hydrogen) atoms. The lowest BCUT2D eigenvalue weighted by Gasteiger charge is -2.15. The molecule has 2 nitrogen and oxygen atoms in total. The summed E-state index contributed by atoms with van der Waals surface area (Å²) < 4.78 is 1.10. The highest BCUT2D eigenvalue weighted by molar-refractivity contribution is 9.10. The molecule has 3 aromatic carbocycles. The van der Waals surface area contributed by atoms with Crippen molar-refractivity contribution in [2.45, 2.75) is 6.42 Å². The van der Waals surface area contributed by atoms with Crippen LogP contribution >= 0.6 is 15.9 Å². The van der Waals surface area contributed by atoms with Gasteiger partial charge in [-0.05, 0) is 46.2 Å². The number of benzene rings is 3. The van der Waals surface area contributed by atoms with Crippen molar-refractivity contribution in [3.05, 3.63) is 70.2 Å². The fourth-order valence-electron chi connectivity index (χ4n) is 2.90. The van der Waals surface area contributed by atoms with Crippen molar-refractivity contribution in [2.24, 2.45) is 0 Å². The van der Waals surface area contributed by atoms with Crippen LogP contribution in [-0.2, 0) is 6.42 Å². The first kappa shape index (κ1) is 14.9. The number of nitrogens with one attached hydrogen (secondary N) is 2. The maximum absolute atomic E-state index is 3.58. The molecule has 0 atom stereocenters. The third-order valence-electron chi connectivity index (χ3n) is 4.01.